The Bertz CT molecular complexity index is 421. The fourth-order valence-electron chi connectivity index (χ4n) is 2.13. The first-order chi connectivity index (χ1) is 6.42. The first kappa shape index (κ1) is 9.71. The molecule has 1 heterocycles. The van der Waals surface area contributed by atoms with Gasteiger partial charge in [-0.1, -0.05) is 11.1 Å². The lowest BCUT2D eigenvalue weighted by Crippen LogP contribution is -2.28. The van der Waals surface area contributed by atoms with Gasteiger partial charge in [-0.05, 0) is 26.7 Å². The molecule has 1 aliphatic heterocycles. The number of carbonyl (C=O) groups excluding carboxylic acids is 1. The second-order valence-electron chi connectivity index (χ2n) is 4.13. The first-order valence-corrected chi connectivity index (χ1v) is 6.17. The Kier molecular flexibility index (Phi) is 1.96. The summed E-state index contributed by atoms with van der Waals surface area (Å²) in [4.78, 5) is 11.4. The molecule has 0 saturated carbocycles. The van der Waals surface area contributed by atoms with Crippen molar-refractivity contribution < 1.29 is 13.2 Å². The van der Waals surface area contributed by atoms with E-state index >= 15 is 0 Å². The van der Waals surface area contributed by atoms with Crippen molar-refractivity contribution in [2.75, 3.05) is 0 Å². The molecule has 0 bridgehead atoms. The summed E-state index contributed by atoms with van der Waals surface area (Å²) in [6.45, 7) is 3.90. The molecule has 1 fully saturated rings. The highest BCUT2D eigenvalue weighted by Gasteiger charge is 2.47. The van der Waals surface area contributed by atoms with Gasteiger partial charge in [0.15, 0.2) is 0 Å². The van der Waals surface area contributed by atoms with E-state index < -0.39 is 15.3 Å². The maximum atomic E-state index is 11.5. The van der Waals surface area contributed by atoms with Crippen LogP contribution in [0.5, 0.6) is 0 Å². The van der Waals surface area contributed by atoms with E-state index in [4.69, 9.17) is 0 Å². The molecule has 2 atom stereocenters. The van der Waals surface area contributed by atoms with Gasteiger partial charge < -0.3 is 0 Å². The Morgan fingerprint density at radius 2 is 1.79 bits per heavy atom. The second kappa shape index (κ2) is 2.82. The summed E-state index contributed by atoms with van der Waals surface area (Å²) in [6.07, 6.45) is 1.08. The van der Waals surface area contributed by atoms with Gasteiger partial charge in [-0.25, -0.2) is 8.42 Å². The molecule has 0 aromatic heterocycles. The van der Waals surface area contributed by atoms with Gasteiger partial charge in [0.2, 0.25) is 15.9 Å². The minimum atomic E-state index is -3.39. The summed E-state index contributed by atoms with van der Waals surface area (Å²) in [5.74, 6) is -0.689. The first-order valence-electron chi connectivity index (χ1n) is 4.62. The van der Waals surface area contributed by atoms with Crippen LogP contribution in [0, 0.1) is 5.92 Å². The molecule has 0 aromatic carbocycles. The van der Waals surface area contributed by atoms with Crippen molar-refractivity contribution in [1.29, 1.82) is 0 Å². The zero-order chi connectivity index (χ0) is 10.5. The van der Waals surface area contributed by atoms with Crippen LogP contribution in [-0.2, 0) is 14.8 Å². The molecule has 0 aromatic rings. The number of amides is 1. The highest BCUT2D eigenvalue weighted by molar-refractivity contribution is 7.91. The second-order valence-corrected chi connectivity index (χ2v) is 6.02. The van der Waals surface area contributed by atoms with E-state index in [-0.39, 0.29) is 11.8 Å². The SMILES string of the molecule is CC1=C(C)C[C@@H]2[C@H](C1)C(=O)NS2(=O)=O. The number of carbonyl (C=O) groups is 1. The summed E-state index contributed by atoms with van der Waals surface area (Å²) in [5.41, 5.74) is 2.25. The zero-order valence-corrected chi connectivity index (χ0v) is 9.02. The Hall–Kier alpha value is -0.840. The number of rotatable bonds is 0. The van der Waals surface area contributed by atoms with E-state index in [0.717, 1.165) is 11.1 Å². The molecule has 4 nitrogen and oxygen atoms in total. The Balaban J connectivity index is 2.42. The van der Waals surface area contributed by atoms with E-state index in [1.165, 1.54) is 0 Å². The lowest BCUT2D eigenvalue weighted by atomic mass is 9.84. The fourth-order valence-corrected chi connectivity index (χ4v) is 3.84. The lowest BCUT2D eigenvalue weighted by molar-refractivity contribution is -0.122. The molecule has 5 heteroatoms. The van der Waals surface area contributed by atoms with E-state index in [1.807, 2.05) is 13.8 Å². The van der Waals surface area contributed by atoms with Gasteiger partial charge in [0.05, 0.1) is 11.2 Å². The molecular formula is C9H13NO3S. The molecule has 2 rings (SSSR count). The summed E-state index contributed by atoms with van der Waals surface area (Å²) in [5, 5.41) is -0.529. The Labute approximate surface area is 83.4 Å². The van der Waals surface area contributed by atoms with Gasteiger partial charge in [-0.15, -0.1) is 0 Å². The lowest BCUT2D eigenvalue weighted by Gasteiger charge is -2.23. The van der Waals surface area contributed by atoms with Crippen LogP contribution in [0.3, 0.4) is 0 Å². The van der Waals surface area contributed by atoms with Gasteiger partial charge in [0.25, 0.3) is 0 Å². The molecule has 78 valence electrons. The summed E-state index contributed by atoms with van der Waals surface area (Å²) in [6, 6.07) is 0. The third-order valence-electron chi connectivity index (χ3n) is 3.19. The molecule has 1 saturated heterocycles. The molecule has 0 radical (unpaired) electrons. The normalized spacial score (nSPS) is 35.4. The number of hydrogen-bond acceptors (Lipinski definition) is 3. The fraction of sp³-hybridized carbons (Fsp3) is 0.667. The van der Waals surface area contributed by atoms with Gasteiger partial charge in [0.1, 0.15) is 0 Å². The van der Waals surface area contributed by atoms with Gasteiger partial charge in [-0.2, -0.15) is 0 Å². The largest absolute Gasteiger partial charge is 0.274 e. The molecule has 0 spiro atoms. The molecule has 1 N–H and O–H groups in total. The van der Waals surface area contributed by atoms with Crippen LogP contribution < -0.4 is 4.72 Å². The van der Waals surface area contributed by atoms with Gasteiger partial charge in [-0.3, -0.25) is 9.52 Å². The van der Waals surface area contributed by atoms with E-state index in [0.29, 0.717) is 12.8 Å². The number of fused-ring (bicyclic) bond motifs is 1. The monoisotopic (exact) mass is 215 g/mol. The van der Waals surface area contributed by atoms with Crippen molar-refractivity contribution in [3.8, 4) is 0 Å². The van der Waals surface area contributed by atoms with Crippen molar-refractivity contribution >= 4 is 15.9 Å². The van der Waals surface area contributed by atoms with Crippen LogP contribution in [0.4, 0.5) is 0 Å². The standard InChI is InChI=1S/C9H13NO3S/c1-5-3-7-8(4-6(5)2)14(12,13)10-9(7)11/h7-8H,3-4H2,1-2H3,(H,10,11)/t7-,8+/m0/s1. The van der Waals surface area contributed by atoms with Gasteiger partial charge in [0, 0.05) is 0 Å². The van der Waals surface area contributed by atoms with Crippen molar-refractivity contribution in [3.05, 3.63) is 11.1 Å². The maximum Gasteiger partial charge on any atom is 0.238 e. The Morgan fingerprint density at radius 1 is 1.21 bits per heavy atom. The van der Waals surface area contributed by atoms with Crippen LogP contribution in [0.1, 0.15) is 26.7 Å². The smallest absolute Gasteiger partial charge is 0.238 e. The number of sulfonamides is 1. The average Bonchev–Trinajstić information content (AvgIpc) is 2.26. The average molecular weight is 215 g/mol. The zero-order valence-electron chi connectivity index (χ0n) is 8.20. The molecule has 1 aliphatic carbocycles. The van der Waals surface area contributed by atoms with Crippen LogP contribution in [0.2, 0.25) is 0 Å². The number of nitrogens with one attached hydrogen (secondary N) is 1. The van der Waals surface area contributed by atoms with Crippen LogP contribution in [0.25, 0.3) is 0 Å². The molecule has 2 aliphatic rings. The van der Waals surface area contributed by atoms with Crippen LogP contribution in [0.15, 0.2) is 11.1 Å². The highest BCUT2D eigenvalue weighted by Crippen LogP contribution is 2.36. The summed E-state index contributed by atoms with van der Waals surface area (Å²) in [7, 11) is -3.39. The van der Waals surface area contributed by atoms with Crippen LogP contribution in [-0.4, -0.2) is 19.6 Å². The highest BCUT2D eigenvalue weighted by atomic mass is 32.2. The number of hydrogen-bond donors (Lipinski definition) is 1. The van der Waals surface area contributed by atoms with Crippen molar-refractivity contribution in [2.24, 2.45) is 5.92 Å². The van der Waals surface area contributed by atoms with Crippen LogP contribution >= 0.6 is 0 Å². The minimum absolute atomic E-state index is 0.332. The maximum absolute atomic E-state index is 11.5. The van der Waals surface area contributed by atoms with E-state index in [9.17, 15) is 13.2 Å². The molecule has 14 heavy (non-hydrogen) atoms. The minimum Gasteiger partial charge on any atom is -0.274 e. The predicted molar refractivity (Wildman–Crippen MR) is 51.9 cm³/mol. The topological polar surface area (TPSA) is 63.2 Å². The third kappa shape index (κ3) is 1.27. The number of allylic oxidation sites excluding steroid dienone is 2. The quantitative estimate of drug-likeness (QED) is 0.600. The third-order valence-corrected chi connectivity index (χ3v) is 4.97. The van der Waals surface area contributed by atoms with Crippen molar-refractivity contribution in [2.45, 2.75) is 31.9 Å². The van der Waals surface area contributed by atoms with E-state index in [1.54, 1.807) is 0 Å². The molecule has 0 unspecified atom stereocenters. The van der Waals surface area contributed by atoms with Crippen molar-refractivity contribution in [3.63, 3.8) is 0 Å². The summed E-state index contributed by atoms with van der Waals surface area (Å²) < 4.78 is 25.1. The van der Waals surface area contributed by atoms with E-state index in [2.05, 4.69) is 4.72 Å². The predicted octanol–water partition coefficient (Wildman–Crippen LogP) is 0.561. The Morgan fingerprint density at radius 3 is 2.43 bits per heavy atom. The summed E-state index contributed by atoms with van der Waals surface area (Å²) >= 11 is 0. The van der Waals surface area contributed by atoms with Gasteiger partial charge >= 0.3 is 0 Å². The molecule has 1 amide bonds. The van der Waals surface area contributed by atoms with Crippen molar-refractivity contribution in [1.82, 2.24) is 4.72 Å². The molecular weight excluding hydrogens is 202 g/mol.